The third-order valence-electron chi connectivity index (χ3n) is 4.54. The van der Waals surface area contributed by atoms with Crippen LogP contribution in [0.3, 0.4) is 0 Å². The number of para-hydroxylation sites is 1. The Balaban J connectivity index is 1.73. The molecule has 0 aliphatic heterocycles. The summed E-state index contributed by atoms with van der Waals surface area (Å²) in [4.78, 5) is 12.8. The molecule has 0 saturated heterocycles. The molecule has 0 bridgehead atoms. The van der Waals surface area contributed by atoms with Gasteiger partial charge in [-0.2, -0.15) is 5.10 Å². The molecule has 0 fully saturated rings. The number of hydrogen-bond donors (Lipinski definition) is 1. The van der Waals surface area contributed by atoms with E-state index in [1.54, 1.807) is 12.1 Å². The molecule has 29 heavy (non-hydrogen) atoms. The van der Waals surface area contributed by atoms with Crippen molar-refractivity contribution in [2.24, 2.45) is 5.10 Å². The second-order valence-corrected chi connectivity index (χ2v) is 6.74. The van der Waals surface area contributed by atoms with Gasteiger partial charge in [-0.3, -0.25) is 4.79 Å². The Labute approximate surface area is 172 Å². The fourth-order valence-electron chi connectivity index (χ4n) is 2.93. The molecule has 0 aromatic heterocycles. The number of nitrogens with zero attached hydrogens (tertiary/aromatic N) is 1. The maximum atomic E-state index is 12.8. The molecule has 3 rings (SSSR count). The van der Waals surface area contributed by atoms with Crippen LogP contribution in [0.1, 0.15) is 47.7 Å². The van der Waals surface area contributed by atoms with Crippen LogP contribution in [-0.2, 0) is 6.61 Å². The Morgan fingerprint density at radius 2 is 1.55 bits per heavy atom. The van der Waals surface area contributed by atoms with Gasteiger partial charge in [0.15, 0.2) is 0 Å². The van der Waals surface area contributed by atoms with E-state index in [0.717, 1.165) is 36.1 Å². The number of rotatable bonds is 9. The standard InChI is InChI=1S/C25H26N2O2/c1-2-3-17-23(21-14-8-5-9-15-21)26-27-25(28)22-16-10-11-18-24(22)29-19-20-12-6-4-7-13-20/h4-16,18H,2-3,17,19H2,1H3,(H,27,28). The summed E-state index contributed by atoms with van der Waals surface area (Å²) in [5.41, 5.74) is 6.13. The summed E-state index contributed by atoms with van der Waals surface area (Å²) in [6.45, 7) is 2.54. The zero-order valence-corrected chi connectivity index (χ0v) is 16.7. The van der Waals surface area contributed by atoms with Gasteiger partial charge in [0.1, 0.15) is 12.4 Å². The van der Waals surface area contributed by atoms with E-state index in [4.69, 9.17) is 4.74 Å². The summed E-state index contributed by atoms with van der Waals surface area (Å²) in [7, 11) is 0. The van der Waals surface area contributed by atoms with Crippen LogP contribution in [0.25, 0.3) is 0 Å². The molecule has 0 radical (unpaired) electrons. The minimum Gasteiger partial charge on any atom is -0.488 e. The van der Waals surface area contributed by atoms with Crippen molar-refractivity contribution in [3.8, 4) is 5.75 Å². The lowest BCUT2D eigenvalue weighted by Crippen LogP contribution is -2.21. The summed E-state index contributed by atoms with van der Waals surface area (Å²) in [6, 6.07) is 27.1. The van der Waals surface area contributed by atoms with E-state index in [1.807, 2.05) is 72.8 Å². The second kappa shape index (κ2) is 10.8. The minimum atomic E-state index is -0.279. The zero-order valence-electron chi connectivity index (χ0n) is 16.7. The van der Waals surface area contributed by atoms with Gasteiger partial charge in [0.25, 0.3) is 5.91 Å². The Bertz CT molecular complexity index is 937. The molecule has 1 amide bonds. The molecule has 0 aliphatic rings. The molecule has 0 saturated carbocycles. The number of unbranched alkanes of at least 4 members (excludes halogenated alkanes) is 1. The molecule has 0 aliphatic carbocycles. The smallest absolute Gasteiger partial charge is 0.275 e. The molecule has 0 unspecified atom stereocenters. The first kappa shape index (κ1) is 20.3. The number of hydrazone groups is 1. The first-order valence-electron chi connectivity index (χ1n) is 9.96. The first-order chi connectivity index (χ1) is 14.3. The largest absolute Gasteiger partial charge is 0.488 e. The van der Waals surface area contributed by atoms with Crippen LogP contribution in [0.15, 0.2) is 90.0 Å². The van der Waals surface area contributed by atoms with Crippen LogP contribution in [0.2, 0.25) is 0 Å². The highest BCUT2D eigenvalue weighted by Crippen LogP contribution is 2.19. The van der Waals surface area contributed by atoms with E-state index in [9.17, 15) is 4.79 Å². The first-order valence-corrected chi connectivity index (χ1v) is 9.96. The van der Waals surface area contributed by atoms with Crippen LogP contribution in [-0.4, -0.2) is 11.6 Å². The Morgan fingerprint density at radius 3 is 2.28 bits per heavy atom. The lowest BCUT2D eigenvalue weighted by Gasteiger charge is -2.11. The summed E-state index contributed by atoms with van der Waals surface area (Å²) < 4.78 is 5.89. The Hall–Kier alpha value is -3.40. The van der Waals surface area contributed by atoms with Crippen molar-refractivity contribution >= 4 is 11.6 Å². The maximum Gasteiger partial charge on any atom is 0.275 e. The number of nitrogens with one attached hydrogen (secondary N) is 1. The van der Waals surface area contributed by atoms with Crippen LogP contribution >= 0.6 is 0 Å². The third-order valence-corrected chi connectivity index (χ3v) is 4.54. The average Bonchev–Trinajstić information content (AvgIpc) is 2.79. The maximum absolute atomic E-state index is 12.8. The Morgan fingerprint density at radius 1 is 0.897 bits per heavy atom. The van der Waals surface area contributed by atoms with Crippen molar-refractivity contribution in [1.29, 1.82) is 0 Å². The fourth-order valence-corrected chi connectivity index (χ4v) is 2.93. The normalized spacial score (nSPS) is 11.1. The fraction of sp³-hybridized carbons (Fsp3) is 0.200. The highest BCUT2D eigenvalue weighted by Gasteiger charge is 2.12. The summed E-state index contributed by atoms with van der Waals surface area (Å²) >= 11 is 0. The number of carbonyl (C=O) groups is 1. The zero-order chi connectivity index (χ0) is 20.3. The minimum absolute atomic E-state index is 0.279. The van der Waals surface area contributed by atoms with Crippen molar-refractivity contribution in [2.45, 2.75) is 32.8 Å². The Kier molecular flexibility index (Phi) is 7.58. The topological polar surface area (TPSA) is 50.7 Å². The molecule has 4 nitrogen and oxygen atoms in total. The molecular formula is C25H26N2O2. The van der Waals surface area contributed by atoms with Gasteiger partial charge in [-0.1, -0.05) is 86.1 Å². The van der Waals surface area contributed by atoms with Crippen molar-refractivity contribution in [3.63, 3.8) is 0 Å². The van der Waals surface area contributed by atoms with E-state index in [-0.39, 0.29) is 5.91 Å². The molecular weight excluding hydrogens is 360 g/mol. The average molecular weight is 386 g/mol. The number of ether oxygens (including phenoxy) is 1. The molecule has 3 aromatic carbocycles. The van der Waals surface area contributed by atoms with Crippen molar-refractivity contribution in [3.05, 3.63) is 102 Å². The van der Waals surface area contributed by atoms with Crippen LogP contribution in [0.5, 0.6) is 5.75 Å². The second-order valence-electron chi connectivity index (χ2n) is 6.74. The van der Waals surface area contributed by atoms with Gasteiger partial charge >= 0.3 is 0 Å². The number of hydrogen-bond acceptors (Lipinski definition) is 3. The predicted molar refractivity (Wildman–Crippen MR) is 117 cm³/mol. The molecule has 4 heteroatoms. The monoisotopic (exact) mass is 386 g/mol. The number of carbonyl (C=O) groups excluding carboxylic acids is 1. The summed E-state index contributed by atoms with van der Waals surface area (Å²) in [6.07, 6.45) is 2.89. The van der Waals surface area contributed by atoms with Gasteiger partial charge in [0.05, 0.1) is 11.3 Å². The molecule has 0 atom stereocenters. The van der Waals surface area contributed by atoms with Gasteiger partial charge < -0.3 is 4.74 Å². The molecule has 0 heterocycles. The molecule has 3 aromatic rings. The lowest BCUT2D eigenvalue weighted by atomic mass is 10.1. The molecule has 0 spiro atoms. The number of amides is 1. The number of benzene rings is 3. The highest BCUT2D eigenvalue weighted by atomic mass is 16.5. The van der Waals surface area contributed by atoms with E-state index < -0.39 is 0 Å². The predicted octanol–water partition coefficient (Wildman–Crippen LogP) is 5.59. The van der Waals surface area contributed by atoms with Gasteiger partial charge in [0.2, 0.25) is 0 Å². The van der Waals surface area contributed by atoms with Crippen molar-refractivity contribution in [2.75, 3.05) is 0 Å². The van der Waals surface area contributed by atoms with Gasteiger partial charge in [-0.15, -0.1) is 0 Å². The lowest BCUT2D eigenvalue weighted by molar-refractivity contribution is 0.0950. The van der Waals surface area contributed by atoms with Crippen molar-refractivity contribution < 1.29 is 9.53 Å². The van der Waals surface area contributed by atoms with E-state index >= 15 is 0 Å². The van der Waals surface area contributed by atoms with Crippen LogP contribution in [0.4, 0.5) is 0 Å². The van der Waals surface area contributed by atoms with Gasteiger partial charge in [-0.25, -0.2) is 5.43 Å². The summed E-state index contributed by atoms with van der Waals surface area (Å²) in [5.74, 6) is 0.262. The third kappa shape index (κ3) is 6.04. The van der Waals surface area contributed by atoms with E-state index in [0.29, 0.717) is 17.9 Å². The van der Waals surface area contributed by atoms with Crippen molar-refractivity contribution in [1.82, 2.24) is 5.43 Å². The summed E-state index contributed by atoms with van der Waals surface area (Å²) in [5, 5.41) is 4.43. The molecule has 148 valence electrons. The van der Waals surface area contributed by atoms with Crippen LogP contribution in [0, 0.1) is 0 Å². The highest BCUT2D eigenvalue weighted by molar-refractivity contribution is 6.02. The van der Waals surface area contributed by atoms with E-state index in [2.05, 4.69) is 17.5 Å². The van der Waals surface area contributed by atoms with Gasteiger partial charge in [-0.05, 0) is 36.1 Å². The SMILES string of the molecule is CCCCC(=NNC(=O)c1ccccc1OCc1ccccc1)c1ccccc1. The van der Waals surface area contributed by atoms with Gasteiger partial charge in [0, 0.05) is 0 Å². The van der Waals surface area contributed by atoms with E-state index in [1.165, 1.54) is 0 Å². The molecule has 1 N–H and O–H groups in total. The van der Waals surface area contributed by atoms with Crippen LogP contribution < -0.4 is 10.2 Å². The quantitative estimate of drug-likeness (QED) is 0.385.